The topological polar surface area (TPSA) is 119 Å². The first-order chi connectivity index (χ1) is 17.6. The normalized spacial score (nSPS) is 14.8. The van der Waals surface area contributed by atoms with E-state index in [1.54, 1.807) is 6.07 Å². The summed E-state index contributed by atoms with van der Waals surface area (Å²) in [6.45, 7) is 7.41. The van der Waals surface area contributed by atoms with Crippen molar-refractivity contribution in [3.8, 4) is 6.07 Å². The van der Waals surface area contributed by atoms with Gasteiger partial charge in [0.2, 0.25) is 5.95 Å². The van der Waals surface area contributed by atoms with Crippen LogP contribution in [-0.4, -0.2) is 51.9 Å². The monoisotopic (exact) mass is 498 g/mol. The lowest BCUT2D eigenvalue weighted by Crippen LogP contribution is -2.31. The highest BCUT2D eigenvalue weighted by Gasteiger charge is 2.24. The van der Waals surface area contributed by atoms with Crippen LogP contribution in [0, 0.1) is 11.3 Å². The molecule has 0 radical (unpaired) electrons. The van der Waals surface area contributed by atoms with Crippen LogP contribution in [-0.2, 0) is 18.3 Å². The number of carbonyl (C=O) groups excluding carboxylic acids is 1. The van der Waals surface area contributed by atoms with Gasteiger partial charge in [-0.25, -0.2) is 9.97 Å². The standard InChI is InChI=1S/C28H34N8O/c1-17(2)31-26(37)22-15-30-27(32-20-11-10-18-13-21(36(5)6)14-19(18)12-20)35-25(22)34-24-9-7-8-23(33-24)28(3,4)16-29/h7-12,15,17,21H,13-14H2,1-6H3,(H,31,37)(H2,30,32,33,34,35). The maximum Gasteiger partial charge on any atom is 0.256 e. The largest absolute Gasteiger partial charge is 0.350 e. The molecule has 0 aliphatic heterocycles. The van der Waals surface area contributed by atoms with E-state index >= 15 is 0 Å². The lowest BCUT2D eigenvalue weighted by atomic mass is 9.91. The number of benzene rings is 1. The quantitative estimate of drug-likeness (QED) is 0.420. The van der Waals surface area contributed by atoms with E-state index in [9.17, 15) is 10.1 Å². The number of nitrogens with zero attached hydrogens (tertiary/aromatic N) is 5. The van der Waals surface area contributed by atoms with Gasteiger partial charge in [0.25, 0.3) is 5.91 Å². The van der Waals surface area contributed by atoms with Crippen LogP contribution in [0.3, 0.4) is 0 Å². The van der Waals surface area contributed by atoms with E-state index in [1.165, 1.54) is 17.3 Å². The summed E-state index contributed by atoms with van der Waals surface area (Å²) in [5, 5.41) is 18.9. The number of hydrogen-bond donors (Lipinski definition) is 3. The molecule has 0 bridgehead atoms. The Kier molecular flexibility index (Phi) is 7.41. The lowest BCUT2D eigenvalue weighted by Gasteiger charge is -2.17. The Balaban J connectivity index is 1.63. The summed E-state index contributed by atoms with van der Waals surface area (Å²) < 4.78 is 0. The molecule has 37 heavy (non-hydrogen) atoms. The van der Waals surface area contributed by atoms with Crippen molar-refractivity contribution < 1.29 is 4.79 Å². The Morgan fingerprint density at radius 1 is 1.11 bits per heavy atom. The van der Waals surface area contributed by atoms with Crippen LogP contribution >= 0.6 is 0 Å². The molecule has 0 saturated carbocycles. The van der Waals surface area contributed by atoms with Crippen LogP contribution in [0.2, 0.25) is 0 Å². The van der Waals surface area contributed by atoms with Crippen molar-refractivity contribution in [3.05, 3.63) is 65.0 Å². The molecule has 1 atom stereocenters. The highest BCUT2D eigenvalue weighted by atomic mass is 16.1. The molecule has 0 fully saturated rings. The van der Waals surface area contributed by atoms with Gasteiger partial charge in [-0.2, -0.15) is 10.2 Å². The third-order valence-corrected chi connectivity index (χ3v) is 6.47. The maximum atomic E-state index is 12.9. The lowest BCUT2D eigenvalue weighted by molar-refractivity contribution is 0.0943. The first kappa shape index (κ1) is 26.0. The second kappa shape index (κ2) is 10.5. The Morgan fingerprint density at radius 3 is 2.57 bits per heavy atom. The highest BCUT2D eigenvalue weighted by molar-refractivity contribution is 5.99. The van der Waals surface area contributed by atoms with E-state index < -0.39 is 5.41 Å². The number of anilines is 4. The van der Waals surface area contributed by atoms with E-state index in [0.29, 0.717) is 34.9 Å². The zero-order valence-corrected chi connectivity index (χ0v) is 22.3. The van der Waals surface area contributed by atoms with Crippen molar-refractivity contribution in [2.45, 2.75) is 58.0 Å². The number of nitrogens with one attached hydrogen (secondary N) is 3. The molecular weight excluding hydrogens is 464 g/mol. The summed E-state index contributed by atoms with van der Waals surface area (Å²) in [5.41, 5.74) is 3.73. The number of carbonyl (C=O) groups is 1. The molecular formula is C28H34N8O. The number of likely N-dealkylation sites (N-methyl/N-ethyl adjacent to an activating group) is 1. The Hall–Kier alpha value is -4.03. The minimum atomic E-state index is -0.757. The molecule has 1 amide bonds. The molecule has 0 spiro atoms. The summed E-state index contributed by atoms with van der Waals surface area (Å²) in [6, 6.07) is 14.5. The molecule has 1 aromatic carbocycles. The fourth-order valence-corrected chi connectivity index (χ4v) is 4.24. The zero-order valence-electron chi connectivity index (χ0n) is 22.3. The third kappa shape index (κ3) is 6.04. The van der Waals surface area contributed by atoms with Crippen LogP contribution in [0.4, 0.5) is 23.3 Å². The predicted octanol–water partition coefficient (Wildman–Crippen LogP) is 4.33. The first-order valence-electron chi connectivity index (χ1n) is 12.4. The van der Waals surface area contributed by atoms with Crippen molar-refractivity contribution in [1.82, 2.24) is 25.2 Å². The smallest absolute Gasteiger partial charge is 0.256 e. The fraction of sp³-hybridized carbons (Fsp3) is 0.393. The highest BCUT2D eigenvalue weighted by Crippen LogP contribution is 2.29. The molecule has 3 N–H and O–H groups in total. The molecule has 1 unspecified atom stereocenters. The molecule has 9 heteroatoms. The minimum absolute atomic E-state index is 0.0477. The van der Waals surface area contributed by atoms with Gasteiger partial charge in [-0.15, -0.1) is 0 Å². The number of fused-ring (bicyclic) bond motifs is 1. The van der Waals surface area contributed by atoms with E-state index in [0.717, 1.165) is 18.5 Å². The molecule has 3 aromatic rings. The number of nitriles is 1. The summed E-state index contributed by atoms with van der Waals surface area (Å²) in [4.78, 5) is 28.8. The molecule has 1 aliphatic rings. The van der Waals surface area contributed by atoms with Crippen LogP contribution < -0.4 is 16.0 Å². The number of aromatic nitrogens is 3. The minimum Gasteiger partial charge on any atom is -0.350 e. The van der Waals surface area contributed by atoms with Crippen molar-refractivity contribution in [2.24, 2.45) is 0 Å². The Bertz CT molecular complexity index is 1340. The number of pyridine rings is 1. The average Bonchev–Trinajstić information content (AvgIpc) is 3.28. The van der Waals surface area contributed by atoms with Gasteiger partial charge in [-0.1, -0.05) is 12.1 Å². The second-order valence-corrected chi connectivity index (χ2v) is 10.5. The van der Waals surface area contributed by atoms with Crippen molar-refractivity contribution in [1.29, 1.82) is 5.26 Å². The van der Waals surface area contributed by atoms with E-state index in [2.05, 4.69) is 68.1 Å². The molecule has 9 nitrogen and oxygen atoms in total. The van der Waals surface area contributed by atoms with Gasteiger partial charge in [0.15, 0.2) is 0 Å². The Labute approximate surface area is 218 Å². The molecule has 192 valence electrons. The van der Waals surface area contributed by atoms with Gasteiger partial charge in [0.05, 0.1) is 17.2 Å². The van der Waals surface area contributed by atoms with Gasteiger partial charge in [0, 0.05) is 24.0 Å². The van der Waals surface area contributed by atoms with Crippen LogP contribution in [0.1, 0.15) is 54.9 Å². The third-order valence-electron chi connectivity index (χ3n) is 6.47. The molecule has 4 rings (SSSR count). The van der Waals surface area contributed by atoms with Crippen molar-refractivity contribution in [2.75, 3.05) is 24.7 Å². The van der Waals surface area contributed by atoms with Crippen molar-refractivity contribution >= 4 is 29.2 Å². The molecule has 2 aromatic heterocycles. The maximum absolute atomic E-state index is 12.9. The summed E-state index contributed by atoms with van der Waals surface area (Å²) in [5.74, 6) is 0.879. The zero-order chi connectivity index (χ0) is 26.7. The van der Waals surface area contributed by atoms with Crippen molar-refractivity contribution in [3.63, 3.8) is 0 Å². The summed E-state index contributed by atoms with van der Waals surface area (Å²) in [7, 11) is 4.22. The number of rotatable bonds is 8. The molecule has 2 heterocycles. The average molecular weight is 499 g/mol. The van der Waals surface area contributed by atoms with Gasteiger partial charge in [0.1, 0.15) is 17.2 Å². The number of hydrogen-bond acceptors (Lipinski definition) is 8. The molecule has 0 saturated heterocycles. The van der Waals surface area contributed by atoms with Crippen LogP contribution in [0.5, 0.6) is 0 Å². The van der Waals surface area contributed by atoms with E-state index in [1.807, 2.05) is 45.9 Å². The van der Waals surface area contributed by atoms with E-state index in [-0.39, 0.29) is 11.9 Å². The van der Waals surface area contributed by atoms with Crippen LogP contribution in [0.15, 0.2) is 42.6 Å². The first-order valence-corrected chi connectivity index (χ1v) is 12.4. The SMILES string of the molecule is CC(C)NC(=O)c1cnc(Nc2ccc3c(c2)CC(N(C)C)C3)nc1Nc1cccc(C(C)(C)C#N)n1. The van der Waals surface area contributed by atoms with Gasteiger partial charge >= 0.3 is 0 Å². The summed E-state index contributed by atoms with van der Waals surface area (Å²) in [6.07, 6.45) is 3.55. The van der Waals surface area contributed by atoms with Gasteiger partial charge in [-0.3, -0.25) is 4.79 Å². The van der Waals surface area contributed by atoms with Crippen LogP contribution in [0.25, 0.3) is 0 Å². The van der Waals surface area contributed by atoms with E-state index in [4.69, 9.17) is 0 Å². The fourth-order valence-electron chi connectivity index (χ4n) is 4.24. The van der Waals surface area contributed by atoms with Gasteiger partial charge < -0.3 is 20.9 Å². The number of amides is 1. The molecule has 1 aliphatic carbocycles. The predicted molar refractivity (Wildman–Crippen MR) is 145 cm³/mol. The second-order valence-electron chi connectivity index (χ2n) is 10.5. The van der Waals surface area contributed by atoms with Gasteiger partial charge in [-0.05, 0) is 90.0 Å². The summed E-state index contributed by atoms with van der Waals surface area (Å²) >= 11 is 0. The Morgan fingerprint density at radius 2 is 1.86 bits per heavy atom.